The minimum Gasteiger partial charge on any atom is -0.352 e. The van der Waals surface area contributed by atoms with Gasteiger partial charge in [-0.05, 0) is 66.8 Å². The number of amides is 1. The molecule has 3 nitrogen and oxygen atoms in total. The molecule has 1 saturated heterocycles. The highest BCUT2D eigenvalue weighted by Gasteiger charge is 2.15. The first-order valence-corrected chi connectivity index (χ1v) is 8.57. The van der Waals surface area contributed by atoms with E-state index in [0.717, 1.165) is 34.8 Å². The summed E-state index contributed by atoms with van der Waals surface area (Å²) in [6, 6.07) is 1.87. The third-order valence-electron chi connectivity index (χ3n) is 3.64. The molecule has 0 unspecified atom stereocenters. The Bertz CT molecular complexity index is 413. The molecule has 0 spiro atoms. The van der Waals surface area contributed by atoms with Gasteiger partial charge in [0.1, 0.15) is 0 Å². The fourth-order valence-corrected chi connectivity index (χ4v) is 3.46. The Labute approximate surface area is 127 Å². The Hall–Kier alpha value is -0.390. The molecule has 2 heterocycles. The van der Waals surface area contributed by atoms with Gasteiger partial charge in [-0.1, -0.05) is 6.92 Å². The van der Waals surface area contributed by atoms with Crippen molar-refractivity contribution in [1.29, 1.82) is 0 Å². The lowest BCUT2D eigenvalue weighted by Crippen LogP contribution is -2.35. The molecule has 1 aromatic rings. The zero-order chi connectivity index (χ0) is 13.7. The number of hydrogen-bond acceptors (Lipinski definition) is 3. The zero-order valence-electron chi connectivity index (χ0n) is 11.3. The number of nitrogens with zero attached hydrogens (tertiary/aromatic N) is 1. The lowest BCUT2D eigenvalue weighted by atomic mass is 9.99. The molecule has 0 radical (unpaired) electrons. The Morgan fingerprint density at radius 2 is 2.26 bits per heavy atom. The normalized spacial score (nSPS) is 17.6. The van der Waals surface area contributed by atoms with Crippen molar-refractivity contribution in [3.8, 4) is 0 Å². The summed E-state index contributed by atoms with van der Waals surface area (Å²) in [5.74, 6) is 0.919. The molecule has 1 N–H and O–H groups in total. The number of piperidine rings is 1. The summed E-state index contributed by atoms with van der Waals surface area (Å²) in [5, 5.41) is 4.86. The van der Waals surface area contributed by atoms with E-state index in [2.05, 4.69) is 33.1 Å². The summed E-state index contributed by atoms with van der Waals surface area (Å²) in [7, 11) is 0. The Balaban J connectivity index is 1.60. The third-order valence-corrected chi connectivity index (χ3v) is 5.15. The highest BCUT2D eigenvalue weighted by atomic mass is 79.9. The molecule has 1 fully saturated rings. The number of hydrogen-bond donors (Lipinski definition) is 1. The molecule has 0 atom stereocenters. The van der Waals surface area contributed by atoms with Crippen molar-refractivity contribution in [2.24, 2.45) is 5.92 Å². The SMILES string of the molecule is CC1CCN(CCCNC(=O)c2csc(Br)c2)CC1. The van der Waals surface area contributed by atoms with Crippen molar-refractivity contribution in [2.75, 3.05) is 26.2 Å². The maximum atomic E-state index is 11.8. The highest BCUT2D eigenvalue weighted by molar-refractivity contribution is 9.11. The number of likely N-dealkylation sites (tertiary alicyclic amines) is 1. The molecule has 0 saturated carbocycles. The molecule has 0 bridgehead atoms. The first-order chi connectivity index (χ1) is 9.15. The first kappa shape index (κ1) is 15.0. The molecular formula is C14H21BrN2OS. The van der Waals surface area contributed by atoms with E-state index in [9.17, 15) is 4.79 Å². The van der Waals surface area contributed by atoms with Gasteiger partial charge in [0.2, 0.25) is 0 Å². The summed E-state index contributed by atoms with van der Waals surface area (Å²) in [6.45, 7) is 6.62. The number of halogens is 1. The largest absolute Gasteiger partial charge is 0.352 e. The fraction of sp³-hybridized carbons (Fsp3) is 0.643. The predicted octanol–water partition coefficient (Wildman–Crippen LogP) is 3.36. The average Bonchev–Trinajstić information content (AvgIpc) is 2.83. The monoisotopic (exact) mass is 344 g/mol. The van der Waals surface area contributed by atoms with Gasteiger partial charge >= 0.3 is 0 Å². The highest BCUT2D eigenvalue weighted by Crippen LogP contribution is 2.20. The van der Waals surface area contributed by atoms with E-state index in [1.807, 2.05) is 11.4 Å². The van der Waals surface area contributed by atoms with Gasteiger partial charge in [-0.2, -0.15) is 0 Å². The minimum atomic E-state index is 0.0363. The van der Waals surface area contributed by atoms with Crippen LogP contribution in [0.4, 0.5) is 0 Å². The predicted molar refractivity (Wildman–Crippen MR) is 83.8 cm³/mol. The van der Waals surface area contributed by atoms with Gasteiger partial charge in [0.25, 0.3) is 5.91 Å². The van der Waals surface area contributed by atoms with E-state index in [4.69, 9.17) is 0 Å². The first-order valence-electron chi connectivity index (χ1n) is 6.90. The molecule has 2 rings (SSSR count). The van der Waals surface area contributed by atoms with Gasteiger partial charge in [0.15, 0.2) is 0 Å². The smallest absolute Gasteiger partial charge is 0.252 e. The maximum Gasteiger partial charge on any atom is 0.252 e. The van der Waals surface area contributed by atoms with E-state index in [1.54, 1.807) is 11.3 Å². The Morgan fingerprint density at radius 1 is 1.53 bits per heavy atom. The van der Waals surface area contributed by atoms with Crippen LogP contribution in [0.25, 0.3) is 0 Å². The van der Waals surface area contributed by atoms with Gasteiger partial charge in [-0.25, -0.2) is 0 Å². The van der Waals surface area contributed by atoms with Crippen LogP contribution in [0, 0.1) is 5.92 Å². The molecule has 1 aliphatic heterocycles. The molecule has 106 valence electrons. The molecule has 5 heteroatoms. The molecular weight excluding hydrogens is 324 g/mol. The van der Waals surface area contributed by atoms with Crippen LogP contribution >= 0.6 is 27.3 Å². The molecule has 0 aromatic carbocycles. The Kier molecular flexibility index (Phi) is 5.85. The number of carbonyl (C=O) groups excluding carboxylic acids is 1. The van der Waals surface area contributed by atoms with E-state index in [1.165, 1.54) is 25.9 Å². The van der Waals surface area contributed by atoms with Crippen LogP contribution in [-0.2, 0) is 0 Å². The van der Waals surface area contributed by atoms with E-state index in [0.29, 0.717) is 0 Å². The van der Waals surface area contributed by atoms with Crippen molar-refractivity contribution in [3.63, 3.8) is 0 Å². The summed E-state index contributed by atoms with van der Waals surface area (Å²) in [5.41, 5.74) is 0.753. The maximum absolute atomic E-state index is 11.8. The lowest BCUT2D eigenvalue weighted by Gasteiger charge is -2.30. The second-order valence-corrected chi connectivity index (χ2v) is 7.56. The third kappa shape index (κ3) is 4.89. The second-order valence-electron chi connectivity index (χ2n) is 5.27. The fourth-order valence-electron chi connectivity index (χ4n) is 2.32. The number of carbonyl (C=O) groups is 1. The van der Waals surface area contributed by atoms with Crippen molar-refractivity contribution in [1.82, 2.24) is 10.2 Å². The van der Waals surface area contributed by atoms with Crippen molar-refractivity contribution < 1.29 is 4.79 Å². The average molecular weight is 345 g/mol. The summed E-state index contributed by atoms with van der Waals surface area (Å²) in [4.78, 5) is 14.3. The second kappa shape index (κ2) is 7.41. The summed E-state index contributed by atoms with van der Waals surface area (Å²) >= 11 is 4.91. The van der Waals surface area contributed by atoms with Crippen LogP contribution in [0.2, 0.25) is 0 Å². The minimum absolute atomic E-state index is 0.0363. The van der Waals surface area contributed by atoms with Crippen LogP contribution in [0.3, 0.4) is 0 Å². The van der Waals surface area contributed by atoms with Crippen molar-refractivity contribution in [3.05, 3.63) is 20.8 Å². The number of nitrogens with one attached hydrogen (secondary N) is 1. The Morgan fingerprint density at radius 3 is 2.89 bits per heavy atom. The van der Waals surface area contributed by atoms with E-state index < -0.39 is 0 Å². The van der Waals surface area contributed by atoms with E-state index >= 15 is 0 Å². The van der Waals surface area contributed by atoms with Gasteiger partial charge in [0, 0.05) is 11.9 Å². The van der Waals surface area contributed by atoms with Gasteiger partial charge in [0.05, 0.1) is 9.35 Å². The van der Waals surface area contributed by atoms with Crippen molar-refractivity contribution in [2.45, 2.75) is 26.2 Å². The van der Waals surface area contributed by atoms with E-state index in [-0.39, 0.29) is 5.91 Å². The van der Waals surface area contributed by atoms with Gasteiger partial charge in [-0.15, -0.1) is 11.3 Å². The van der Waals surface area contributed by atoms with Crippen LogP contribution < -0.4 is 5.32 Å². The lowest BCUT2D eigenvalue weighted by molar-refractivity contribution is 0.0951. The standard InChI is InChI=1S/C14H21BrN2OS/c1-11-3-7-17(8-4-11)6-2-5-16-14(18)12-9-13(15)19-10-12/h9-11H,2-8H2,1H3,(H,16,18). The molecule has 1 aliphatic rings. The van der Waals surface area contributed by atoms with Crippen LogP contribution in [0.15, 0.2) is 15.2 Å². The zero-order valence-corrected chi connectivity index (χ0v) is 13.7. The number of rotatable bonds is 5. The molecule has 1 amide bonds. The summed E-state index contributed by atoms with van der Waals surface area (Å²) in [6.07, 6.45) is 3.66. The van der Waals surface area contributed by atoms with Gasteiger partial charge in [-0.3, -0.25) is 4.79 Å². The van der Waals surface area contributed by atoms with Crippen LogP contribution in [0.1, 0.15) is 36.5 Å². The topological polar surface area (TPSA) is 32.3 Å². The molecule has 1 aromatic heterocycles. The number of thiophene rings is 1. The summed E-state index contributed by atoms with van der Waals surface area (Å²) < 4.78 is 1.00. The quantitative estimate of drug-likeness (QED) is 0.830. The van der Waals surface area contributed by atoms with Crippen LogP contribution in [-0.4, -0.2) is 37.0 Å². The van der Waals surface area contributed by atoms with Crippen molar-refractivity contribution >= 4 is 33.2 Å². The molecule has 0 aliphatic carbocycles. The molecule has 19 heavy (non-hydrogen) atoms. The van der Waals surface area contributed by atoms with Crippen LogP contribution in [0.5, 0.6) is 0 Å². The van der Waals surface area contributed by atoms with Gasteiger partial charge < -0.3 is 10.2 Å².